The SMILES string of the molecule is C[C@@H](OC(=O)c1csc(-c2cccs2)n1)C(=O)N1CCCCCC1. The molecule has 1 aliphatic rings. The molecule has 5 nitrogen and oxygen atoms in total. The molecule has 1 saturated heterocycles. The van der Waals surface area contributed by atoms with Gasteiger partial charge in [0.2, 0.25) is 0 Å². The van der Waals surface area contributed by atoms with E-state index in [4.69, 9.17) is 4.74 Å². The van der Waals surface area contributed by atoms with Crippen molar-refractivity contribution in [3.8, 4) is 9.88 Å². The summed E-state index contributed by atoms with van der Waals surface area (Å²) in [5.41, 5.74) is 0.263. The third-order valence-corrected chi connectivity index (χ3v) is 5.88. The molecule has 1 aliphatic heterocycles. The third kappa shape index (κ3) is 4.02. The first-order valence-corrected chi connectivity index (χ1v) is 9.90. The first kappa shape index (κ1) is 17.1. The molecule has 3 rings (SSSR count). The maximum Gasteiger partial charge on any atom is 0.358 e. The molecule has 0 aromatic carbocycles. The standard InChI is InChI=1S/C17H20N2O3S2/c1-12(16(20)19-8-4-2-3-5-9-19)22-17(21)13-11-24-15(18-13)14-7-6-10-23-14/h6-7,10-12H,2-5,8-9H2,1H3/t12-/m1/s1. The van der Waals surface area contributed by atoms with Gasteiger partial charge < -0.3 is 9.64 Å². The molecule has 1 fully saturated rings. The molecule has 0 bridgehead atoms. The zero-order chi connectivity index (χ0) is 16.9. The summed E-state index contributed by atoms with van der Waals surface area (Å²) in [6, 6.07) is 3.91. The van der Waals surface area contributed by atoms with Gasteiger partial charge in [-0.2, -0.15) is 0 Å². The Morgan fingerprint density at radius 1 is 1.21 bits per heavy atom. The monoisotopic (exact) mass is 364 g/mol. The Hall–Kier alpha value is -1.73. The van der Waals surface area contributed by atoms with Crippen LogP contribution >= 0.6 is 22.7 Å². The molecular formula is C17H20N2O3S2. The van der Waals surface area contributed by atoms with E-state index in [1.165, 1.54) is 11.3 Å². The molecule has 2 aromatic rings. The van der Waals surface area contributed by atoms with Gasteiger partial charge in [-0.25, -0.2) is 9.78 Å². The van der Waals surface area contributed by atoms with E-state index >= 15 is 0 Å². The van der Waals surface area contributed by atoms with Crippen LogP contribution in [0.25, 0.3) is 9.88 Å². The normalized spacial score (nSPS) is 16.5. The van der Waals surface area contributed by atoms with Gasteiger partial charge in [-0.3, -0.25) is 4.79 Å². The predicted octanol–water partition coefficient (Wildman–Crippen LogP) is 3.82. The zero-order valence-electron chi connectivity index (χ0n) is 13.6. The minimum Gasteiger partial charge on any atom is -0.448 e. The van der Waals surface area contributed by atoms with Crippen LogP contribution in [-0.4, -0.2) is 41.0 Å². The van der Waals surface area contributed by atoms with Crippen molar-refractivity contribution in [3.05, 3.63) is 28.6 Å². The predicted molar refractivity (Wildman–Crippen MR) is 95.4 cm³/mol. The fourth-order valence-electron chi connectivity index (χ4n) is 2.70. The molecule has 24 heavy (non-hydrogen) atoms. The van der Waals surface area contributed by atoms with E-state index < -0.39 is 12.1 Å². The number of carbonyl (C=O) groups excluding carboxylic acids is 2. The molecule has 0 aliphatic carbocycles. The Labute approximate surface area is 149 Å². The Morgan fingerprint density at radius 3 is 2.62 bits per heavy atom. The molecule has 0 unspecified atom stereocenters. The summed E-state index contributed by atoms with van der Waals surface area (Å²) in [5, 5.41) is 4.44. The summed E-state index contributed by atoms with van der Waals surface area (Å²) in [6.45, 7) is 3.14. The molecule has 0 spiro atoms. The third-order valence-electron chi connectivity index (χ3n) is 3.99. The van der Waals surface area contributed by atoms with Crippen LogP contribution in [0.4, 0.5) is 0 Å². The highest BCUT2D eigenvalue weighted by molar-refractivity contribution is 7.20. The second-order valence-electron chi connectivity index (χ2n) is 5.80. The number of hydrogen-bond acceptors (Lipinski definition) is 6. The molecule has 1 atom stereocenters. The highest BCUT2D eigenvalue weighted by Crippen LogP contribution is 2.28. The number of ether oxygens (including phenoxy) is 1. The highest BCUT2D eigenvalue weighted by atomic mass is 32.1. The molecule has 0 radical (unpaired) electrons. The van der Waals surface area contributed by atoms with Crippen molar-refractivity contribution in [1.82, 2.24) is 9.88 Å². The summed E-state index contributed by atoms with van der Waals surface area (Å²) in [4.78, 5) is 31.8. The highest BCUT2D eigenvalue weighted by Gasteiger charge is 2.25. The van der Waals surface area contributed by atoms with E-state index in [9.17, 15) is 9.59 Å². The molecule has 1 amide bonds. The van der Waals surface area contributed by atoms with Crippen molar-refractivity contribution in [1.29, 1.82) is 0 Å². The van der Waals surface area contributed by atoms with Crippen LogP contribution in [0.15, 0.2) is 22.9 Å². The minimum absolute atomic E-state index is 0.112. The summed E-state index contributed by atoms with van der Waals surface area (Å²) in [6.07, 6.45) is 3.57. The first-order valence-electron chi connectivity index (χ1n) is 8.14. The van der Waals surface area contributed by atoms with Gasteiger partial charge in [0.05, 0.1) is 4.88 Å². The topological polar surface area (TPSA) is 59.5 Å². The van der Waals surface area contributed by atoms with Crippen LogP contribution in [0.5, 0.6) is 0 Å². The van der Waals surface area contributed by atoms with Gasteiger partial charge in [0.1, 0.15) is 5.01 Å². The fourth-order valence-corrected chi connectivity index (χ4v) is 4.30. The molecule has 0 saturated carbocycles. The number of esters is 1. The van der Waals surface area contributed by atoms with Gasteiger partial charge in [0, 0.05) is 18.5 Å². The summed E-state index contributed by atoms with van der Waals surface area (Å²) in [7, 11) is 0. The lowest BCUT2D eigenvalue weighted by Crippen LogP contribution is -2.40. The van der Waals surface area contributed by atoms with Crippen molar-refractivity contribution in [3.63, 3.8) is 0 Å². The van der Waals surface area contributed by atoms with E-state index in [0.717, 1.165) is 48.7 Å². The maximum absolute atomic E-state index is 12.4. The van der Waals surface area contributed by atoms with E-state index in [1.807, 2.05) is 22.4 Å². The van der Waals surface area contributed by atoms with Gasteiger partial charge in [-0.15, -0.1) is 22.7 Å². The van der Waals surface area contributed by atoms with Crippen LogP contribution in [0, 0.1) is 0 Å². The minimum atomic E-state index is -0.775. The van der Waals surface area contributed by atoms with E-state index in [1.54, 1.807) is 23.6 Å². The number of amides is 1. The van der Waals surface area contributed by atoms with Gasteiger partial charge in [-0.1, -0.05) is 18.9 Å². The lowest BCUT2D eigenvalue weighted by molar-refractivity contribution is -0.139. The number of carbonyl (C=O) groups is 2. The van der Waals surface area contributed by atoms with E-state index in [-0.39, 0.29) is 11.6 Å². The van der Waals surface area contributed by atoms with Gasteiger partial charge >= 0.3 is 5.97 Å². The number of rotatable bonds is 4. The first-order chi connectivity index (χ1) is 11.6. The van der Waals surface area contributed by atoms with Crippen LogP contribution in [0.3, 0.4) is 0 Å². The van der Waals surface area contributed by atoms with Gasteiger partial charge in [0.25, 0.3) is 5.91 Å². The number of likely N-dealkylation sites (tertiary alicyclic amines) is 1. The van der Waals surface area contributed by atoms with E-state index in [2.05, 4.69) is 4.98 Å². The number of thiazole rings is 1. The fraction of sp³-hybridized carbons (Fsp3) is 0.471. The Balaban J connectivity index is 1.60. The molecule has 128 valence electrons. The molecule has 7 heteroatoms. The van der Waals surface area contributed by atoms with Crippen molar-refractivity contribution in [2.24, 2.45) is 0 Å². The lowest BCUT2D eigenvalue weighted by atomic mass is 10.2. The van der Waals surface area contributed by atoms with Gasteiger partial charge in [0.15, 0.2) is 11.8 Å². The number of hydrogen-bond donors (Lipinski definition) is 0. The summed E-state index contributed by atoms with van der Waals surface area (Å²) in [5.74, 6) is -0.649. The second kappa shape index (κ2) is 7.90. The van der Waals surface area contributed by atoms with Crippen LogP contribution in [0.2, 0.25) is 0 Å². The largest absolute Gasteiger partial charge is 0.448 e. The van der Waals surface area contributed by atoms with Crippen molar-refractivity contribution >= 4 is 34.6 Å². The average molecular weight is 364 g/mol. The molecular weight excluding hydrogens is 344 g/mol. The summed E-state index contributed by atoms with van der Waals surface area (Å²) >= 11 is 2.98. The van der Waals surface area contributed by atoms with Crippen LogP contribution < -0.4 is 0 Å². The van der Waals surface area contributed by atoms with Crippen LogP contribution in [0.1, 0.15) is 43.1 Å². The zero-order valence-corrected chi connectivity index (χ0v) is 15.2. The second-order valence-corrected chi connectivity index (χ2v) is 7.61. The lowest BCUT2D eigenvalue weighted by Gasteiger charge is -2.23. The Morgan fingerprint density at radius 2 is 1.96 bits per heavy atom. The molecule has 0 N–H and O–H groups in total. The number of nitrogens with zero attached hydrogens (tertiary/aromatic N) is 2. The van der Waals surface area contributed by atoms with Crippen LogP contribution in [-0.2, 0) is 9.53 Å². The number of aromatic nitrogens is 1. The maximum atomic E-state index is 12.4. The van der Waals surface area contributed by atoms with Crippen molar-refractivity contribution in [2.45, 2.75) is 38.7 Å². The Kier molecular flexibility index (Phi) is 5.63. The molecule has 2 aromatic heterocycles. The van der Waals surface area contributed by atoms with Crippen molar-refractivity contribution in [2.75, 3.05) is 13.1 Å². The summed E-state index contributed by atoms with van der Waals surface area (Å²) < 4.78 is 5.34. The smallest absolute Gasteiger partial charge is 0.358 e. The van der Waals surface area contributed by atoms with E-state index in [0.29, 0.717) is 0 Å². The average Bonchev–Trinajstić information content (AvgIpc) is 3.20. The number of thiophene rings is 1. The van der Waals surface area contributed by atoms with Gasteiger partial charge in [-0.05, 0) is 31.2 Å². The quantitative estimate of drug-likeness (QED) is 0.774. The Bertz CT molecular complexity index is 689. The molecule has 3 heterocycles. The van der Waals surface area contributed by atoms with Crippen molar-refractivity contribution < 1.29 is 14.3 Å².